The predicted molar refractivity (Wildman–Crippen MR) is 120 cm³/mol. The van der Waals surface area contributed by atoms with Crippen LogP contribution in [0.2, 0.25) is 0 Å². The lowest BCUT2D eigenvalue weighted by Gasteiger charge is -2.10. The van der Waals surface area contributed by atoms with Crippen LogP contribution >= 0.6 is 0 Å². The first-order valence-electron chi connectivity index (χ1n) is 10.1. The number of carbonyl (C=O) groups excluding carboxylic acids is 1. The van der Waals surface area contributed by atoms with Crippen molar-refractivity contribution in [3.8, 4) is 0 Å². The minimum Gasteiger partial charge on any atom is -0.354 e. The number of aromatic nitrogens is 1. The normalized spacial score (nSPS) is 14.0. The Bertz CT molecular complexity index is 1290. The number of amides is 1. The minimum atomic E-state index is -3.82. The molecule has 2 N–H and O–H groups in total. The molecule has 0 radical (unpaired) electrons. The molecule has 0 aliphatic heterocycles. The molecule has 2 aromatic carbocycles. The highest BCUT2D eigenvalue weighted by Crippen LogP contribution is 2.32. The lowest BCUT2D eigenvalue weighted by atomic mass is 10.2. The first kappa shape index (κ1) is 21.8. The van der Waals surface area contributed by atoms with Gasteiger partial charge in [-0.25, -0.2) is 12.8 Å². The molecule has 1 saturated carbocycles. The Morgan fingerprint density at radius 2 is 1.84 bits per heavy atom. The molecule has 1 fully saturated rings. The third-order valence-electron chi connectivity index (χ3n) is 5.14. The standard InChI is InChI=1S/C23H22FN3O4S/c1-14-13-18(24)8-11-20(14)27-32(29,30)19-9-3-16(4-10-19)5-12-21-22(15(2)26-31-21)25-23(28)17-6-7-17/h3-5,8-13,17,27H,6-7H2,1-2H3,(H,25,28)/b12-5-. The van der Waals surface area contributed by atoms with Crippen LogP contribution in [0.1, 0.15) is 35.4 Å². The summed E-state index contributed by atoms with van der Waals surface area (Å²) in [5, 5.41) is 6.77. The second-order valence-corrected chi connectivity index (χ2v) is 9.42. The molecular formula is C23H22FN3O4S. The van der Waals surface area contributed by atoms with Gasteiger partial charge in [0.05, 0.1) is 10.6 Å². The zero-order chi connectivity index (χ0) is 22.9. The molecule has 1 aliphatic carbocycles. The second kappa shape index (κ2) is 8.58. The zero-order valence-corrected chi connectivity index (χ0v) is 18.4. The number of nitrogens with zero attached hydrogens (tertiary/aromatic N) is 1. The lowest BCUT2D eigenvalue weighted by Crippen LogP contribution is -2.14. The summed E-state index contributed by atoms with van der Waals surface area (Å²) >= 11 is 0. The van der Waals surface area contributed by atoms with Crippen LogP contribution in [0.4, 0.5) is 15.8 Å². The summed E-state index contributed by atoms with van der Waals surface area (Å²) in [5.41, 5.74) is 2.66. The number of sulfonamides is 1. The van der Waals surface area contributed by atoms with Crippen molar-refractivity contribution in [1.29, 1.82) is 0 Å². The first-order chi connectivity index (χ1) is 15.2. The molecule has 0 spiro atoms. The molecule has 1 amide bonds. The van der Waals surface area contributed by atoms with Crippen LogP contribution in [0.15, 0.2) is 51.9 Å². The number of rotatable bonds is 7. The third kappa shape index (κ3) is 4.88. The summed E-state index contributed by atoms with van der Waals surface area (Å²) in [6.07, 6.45) is 5.20. The quantitative estimate of drug-likeness (QED) is 0.535. The van der Waals surface area contributed by atoms with Crippen molar-refractivity contribution in [2.75, 3.05) is 10.0 Å². The van der Waals surface area contributed by atoms with E-state index in [-0.39, 0.29) is 16.7 Å². The SMILES string of the molecule is Cc1cc(F)ccc1NS(=O)(=O)c1ccc(/C=C\c2onc(C)c2NC(=O)C2CC2)cc1. The van der Waals surface area contributed by atoms with E-state index < -0.39 is 15.8 Å². The van der Waals surface area contributed by atoms with E-state index in [1.807, 2.05) is 0 Å². The summed E-state index contributed by atoms with van der Waals surface area (Å²) in [6.45, 7) is 3.38. The van der Waals surface area contributed by atoms with Crippen molar-refractivity contribution < 1.29 is 22.1 Å². The summed E-state index contributed by atoms with van der Waals surface area (Å²) in [5.74, 6) is 0.00721. The molecule has 9 heteroatoms. The molecule has 32 heavy (non-hydrogen) atoms. The van der Waals surface area contributed by atoms with Crippen LogP contribution in [0, 0.1) is 25.6 Å². The highest BCUT2D eigenvalue weighted by Gasteiger charge is 2.30. The zero-order valence-electron chi connectivity index (χ0n) is 17.6. The van der Waals surface area contributed by atoms with Gasteiger partial charge >= 0.3 is 0 Å². The van der Waals surface area contributed by atoms with E-state index in [9.17, 15) is 17.6 Å². The maximum absolute atomic E-state index is 13.3. The fraction of sp³-hybridized carbons (Fsp3) is 0.217. The molecule has 1 aromatic heterocycles. The fourth-order valence-corrected chi connectivity index (χ4v) is 4.23. The maximum Gasteiger partial charge on any atom is 0.261 e. The topological polar surface area (TPSA) is 101 Å². The van der Waals surface area contributed by atoms with Crippen LogP contribution in [0.25, 0.3) is 12.2 Å². The van der Waals surface area contributed by atoms with Crippen LogP contribution in [0.3, 0.4) is 0 Å². The van der Waals surface area contributed by atoms with E-state index in [4.69, 9.17) is 4.52 Å². The highest BCUT2D eigenvalue weighted by atomic mass is 32.2. The van der Waals surface area contributed by atoms with Gasteiger partial charge in [0.25, 0.3) is 10.0 Å². The molecule has 3 aromatic rings. The second-order valence-electron chi connectivity index (χ2n) is 7.74. The van der Waals surface area contributed by atoms with Crippen molar-refractivity contribution in [2.45, 2.75) is 31.6 Å². The average Bonchev–Trinajstić information content (AvgIpc) is 3.55. The molecule has 7 nitrogen and oxygen atoms in total. The molecule has 0 unspecified atom stereocenters. The van der Waals surface area contributed by atoms with Crippen LogP contribution in [0.5, 0.6) is 0 Å². The van der Waals surface area contributed by atoms with Crippen molar-refractivity contribution in [3.63, 3.8) is 0 Å². The van der Waals surface area contributed by atoms with Crippen LogP contribution in [-0.2, 0) is 14.8 Å². The maximum atomic E-state index is 13.3. The smallest absolute Gasteiger partial charge is 0.261 e. The Morgan fingerprint density at radius 3 is 2.50 bits per heavy atom. The molecule has 166 valence electrons. The number of nitrogens with one attached hydrogen (secondary N) is 2. The molecule has 0 atom stereocenters. The Kier molecular flexibility index (Phi) is 5.84. The monoisotopic (exact) mass is 455 g/mol. The van der Waals surface area contributed by atoms with E-state index in [2.05, 4.69) is 15.2 Å². The molecular weight excluding hydrogens is 433 g/mol. The lowest BCUT2D eigenvalue weighted by molar-refractivity contribution is -0.117. The summed E-state index contributed by atoms with van der Waals surface area (Å²) < 4.78 is 46.3. The summed E-state index contributed by atoms with van der Waals surface area (Å²) in [6, 6.07) is 10.1. The minimum absolute atomic E-state index is 0.0376. The Hall–Kier alpha value is -3.46. The van der Waals surface area contributed by atoms with Gasteiger partial charge in [-0.3, -0.25) is 9.52 Å². The van der Waals surface area contributed by atoms with Gasteiger partial charge in [-0.15, -0.1) is 0 Å². The highest BCUT2D eigenvalue weighted by molar-refractivity contribution is 7.92. The molecule has 4 rings (SSSR count). The van der Waals surface area contributed by atoms with E-state index in [1.165, 1.54) is 30.3 Å². The number of aryl methyl sites for hydroxylation is 2. The van der Waals surface area contributed by atoms with E-state index >= 15 is 0 Å². The predicted octanol–water partition coefficient (Wildman–Crippen LogP) is 4.75. The van der Waals surface area contributed by atoms with Gasteiger partial charge in [0.2, 0.25) is 5.91 Å². The number of anilines is 2. The van der Waals surface area contributed by atoms with Gasteiger partial charge in [0.1, 0.15) is 17.2 Å². The van der Waals surface area contributed by atoms with Crippen LogP contribution in [-0.4, -0.2) is 19.5 Å². The van der Waals surface area contributed by atoms with Gasteiger partial charge in [-0.05, 0) is 74.2 Å². The third-order valence-corrected chi connectivity index (χ3v) is 6.52. The number of benzene rings is 2. The average molecular weight is 456 g/mol. The van der Waals surface area contributed by atoms with E-state index in [0.29, 0.717) is 28.4 Å². The summed E-state index contributed by atoms with van der Waals surface area (Å²) in [4.78, 5) is 12.1. The van der Waals surface area contributed by atoms with Crippen molar-refractivity contribution in [3.05, 3.63) is 70.9 Å². The van der Waals surface area contributed by atoms with Crippen molar-refractivity contribution in [2.24, 2.45) is 5.92 Å². The van der Waals surface area contributed by atoms with E-state index in [0.717, 1.165) is 18.4 Å². The fourth-order valence-electron chi connectivity index (χ4n) is 3.10. The van der Waals surface area contributed by atoms with Crippen molar-refractivity contribution >= 4 is 39.5 Å². The summed E-state index contributed by atoms with van der Waals surface area (Å²) in [7, 11) is -3.82. The largest absolute Gasteiger partial charge is 0.354 e. The molecule has 1 aliphatic rings. The van der Waals surface area contributed by atoms with E-state index in [1.54, 1.807) is 38.1 Å². The number of hydrogen-bond donors (Lipinski definition) is 2. The van der Waals surface area contributed by atoms with Gasteiger partial charge in [-0.1, -0.05) is 23.4 Å². The Morgan fingerprint density at radius 1 is 1.12 bits per heavy atom. The van der Waals surface area contributed by atoms with Gasteiger partial charge in [0.15, 0.2) is 5.76 Å². The van der Waals surface area contributed by atoms with Gasteiger partial charge < -0.3 is 9.84 Å². The molecule has 1 heterocycles. The van der Waals surface area contributed by atoms with Gasteiger partial charge in [0, 0.05) is 5.92 Å². The van der Waals surface area contributed by atoms with Gasteiger partial charge in [-0.2, -0.15) is 0 Å². The Labute approximate surface area is 185 Å². The number of halogens is 1. The molecule has 0 bridgehead atoms. The first-order valence-corrected chi connectivity index (χ1v) is 11.6. The van der Waals surface area contributed by atoms with Crippen LogP contribution < -0.4 is 10.0 Å². The van der Waals surface area contributed by atoms with Crippen molar-refractivity contribution in [1.82, 2.24) is 5.16 Å². The number of carbonyl (C=O) groups is 1. The Balaban J connectivity index is 1.48. The molecule has 0 saturated heterocycles. The number of hydrogen-bond acceptors (Lipinski definition) is 5.